The fourth-order valence-corrected chi connectivity index (χ4v) is 2.93. The maximum atomic E-state index is 13.8. The largest absolute Gasteiger partial charge is 0.320 e. The molecular formula is C14H13BrFNO2S. The topological polar surface area (TPSA) is 60.2 Å². The Kier molecular flexibility index (Phi) is 4.27. The van der Waals surface area contributed by atoms with Gasteiger partial charge in [-0.15, -0.1) is 0 Å². The van der Waals surface area contributed by atoms with Crippen molar-refractivity contribution in [1.29, 1.82) is 0 Å². The molecule has 0 aliphatic carbocycles. The molecule has 0 aliphatic heterocycles. The minimum atomic E-state index is -3.32. The van der Waals surface area contributed by atoms with Gasteiger partial charge >= 0.3 is 0 Å². The first-order chi connectivity index (χ1) is 9.29. The van der Waals surface area contributed by atoms with Gasteiger partial charge in [0.1, 0.15) is 5.82 Å². The molecule has 3 nitrogen and oxygen atoms in total. The second-order valence-electron chi connectivity index (χ2n) is 4.49. The molecule has 2 aromatic carbocycles. The minimum Gasteiger partial charge on any atom is -0.320 e. The van der Waals surface area contributed by atoms with Crippen LogP contribution in [0.15, 0.2) is 51.8 Å². The third-order valence-corrected chi connectivity index (χ3v) is 4.54. The van der Waals surface area contributed by atoms with Crippen molar-refractivity contribution in [2.24, 2.45) is 5.73 Å². The number of nitrogens with two attached hydrogens (primary N) is 1. The molecule has 1 atom stereocenters. The van der Waals surface area contributed by atoms with Crippen LogP contribution in [0.25, 0.3) is 0 Å². The Morgan fingerprint density at radius 3 is 2.55 bits per heavy atom. The van der Waals surface area contributed by atoms with Crippen LogP contribution < -0.4 is 5.73 Å². The molecule has 106 valence electrons. The number of halogens is 2. The molecular weight excluding hydrogens is 345 g/mol. The lowest BCUT2D eigenvalue weighted by Crippen LogP contribution is -2.14. The quantitative estimate of drug-likeness (QED) is 0.918. The van der Waals surface area contributed by atoms with Gasteiger partial charge < -0.3 is 5.73 Å². The van der Waals surface area contributed by atoms with Crippen LogP contribution in [0.5, 0.6) is 0 Å². The normalized spacial score (nSPS) is 13.2. The maximum Gasteiger partial charge on any atom is 0.175 e. The summed E-state index contributed by atoms with van der Waals surface area (Å²) < 4.78 is 37.6. The SMILES string of the molecule is CS(=O)(=O)c1cccc(C(N)c2cc(Br)ccc2F)c1. The lowest BCUT2D eigenvalue weighted by Gasteiger charge is -2.14. The van der Waals surface area contributed by atoms with E-state index in [0.29, 0.717) is 15.6 Å². The van der Waals surface area contributed by atoms with Crippen molar-refractivity contribution in [2.75, 3.05) is 6.26 Å². The van der Waals surface area contributed by atoms with Crippen molar-refractivity contribution in [3.63, 3.8) is 0 Å². The summed E-state index contributed by atoms with van der Waals surface area (Å²) in [7, 11) is -3.32. The van der Waals surface area contributed by atoms with Crippen molar-refractivity contribution >= 4 is 25.8 Å². The standard InChI is InChI=1S/C14H13BrFNO2S/c1-20(18,19)11-4-2-3-9(7-11)14(17)12-8-10(15)5-6-13(12)16/h2-8,14H,17H2,1H3. The number of benzene rings is 2. The summed E-state index contributed by atoms with van der Waals surface area (Å²) in [6, 6.07) is 10.0. The summed E-state index contributed by atoms with van der Waals surface area (Å²) in [6.45, 7) is 0. The molecule has 0 aliphatic rings. The molecule has 2 aromatic rings. The first kappa shape index (κ1) is 15.2. The van der Waals surface area contributed by atoms with E-state index in [9.17, 15) is 12.8 Å². The molecule has 2 rings (SSSR count). The zero-order chi connectivity index (χ0) is 14.9. The van der Waals surface area contributed by atoms with E-state index >= 15 is 0 Å². The maximum absolute atomic E-state index is 13.8. The molecule has 20 heavy (non-hydrogen) atoms. The highest BCUT2D eigenvalue weighted by atomic mass is 79.9. The lowest BCUT2D eigenvalue weighted by atomic mass is 9.99. The van der Waals surface area contributed by atoms with Gasteiger partial charge in [-0.2, -0.15) is 0 Å². The second kappa shape index (κ2) is 5.63. The van der Waals surface area contributed by atoms with Gasteiger partial charge in [0.05, 0.1) is 10.9 Å². The van der Waals surface area contributed by atoms with Crippen LogP contribution in [0.3, 0.4) is 0 Å². The molecule has 6 heteroatoms. The van der Waals surface area contributed by atoms with Crippen LogP contribution >= 0.6 is 15.9 Å². The second-order valence-corrected chi connectivity index (χ2v) is 7.42. The molecule has 0 spiro atoms. The summed E-state index contributed by atoms with van der Waals surface area (Å²) in [5, 5.41) is 0. The lowest BCUT2D eigenvalue weighted by molar-refractivity contribution is 0.598. The molecule has 0 amide bonds. The van der Waals surface area contributed by atoms with Crippen molar-refractivity contribution < 1.29 is 12.8 Å². The van der Waals surface area contributed by atoms with E-state index in [2.05, 4.69) is 15.9 Å². The van der Waals surface area contributed by atoms with Crippen LogP contribution in [0.1, 0.15) is 17.2 Å². The van der Waals surface area contributed by atoms with Gasteiger partial charge in [-0.3, -0.25) is 0 Å². The van der Waals surface area contributed by atoms with Gasteiger partial charge in [0.15, 0.2) is 9.84 Å². The van der Waals surface area contributed by atoms with Crippen LogP contribution in [0.2, 0.25) is 0 Å². The van der Waals surface area contributed by atoms with Crippen LogP contribution in [0.4, 0.5) is 4.39 Å². The average Bonchev–Trinajstić information content (AvgIpc) is 2.40. The summed E-state index contributed by atoms with van der Waals surface area (Å²) >= 11 is 3.27. The van der Waals surface area contributed by atoms with Crippen molar-refractivity contribution in [3.8, 4) is 0 Å². The molecule has 0 heterocycles. The Bertz CT molecular complexity index is 747. The highest BCUT2D eigenvalue weighted by Gasteiger charge is 2.16. The zero-order valence-corrected chi connectivity index (χ0v) is 13.1. The summed E-state index contributed by atoms with van der Waals surface area (Å²) in [5.74, 6) is -0.426. The van der Waals surface area contributed by atoms with Gasteiger partial charge in [0.2, 0.25) is 0 Å². The van der Waals surface area contributed by atoms with E-state index in [1.807, 2.05) is 0 Å². The monoisotopic (exact) mass is 357 g/mol. The molecule has 0 aromatic heterocycles. The molecule has 0 saturated carbocycles. The Labute approximate surface area is 125 Å². The van der Waals surface area contributed by atoms with E-state index in [4.69, 9.17) is 5.73 Å². The van der Waals surface area contributed by atoms with Crippen molar-refractivity contribution in [1.82, 2.24) is 0 Å². The number of rotatable bonds is 3. The molecule has 2 N–H and O–H groups in total. The fraction of sp³-hybridized carbons (Fsp3) is 0.143. The summed E-state index contributed by atoms with van der Waals surface area (Å²) in [4.78, 5) is 0.167. The Morgan fingerprint density at radius 2 is 1.90 bits per heavy atom. The minimum absolute atomic E-state index is 0.167. The number of hydrogen-bond acceptors (Lipinski definition) is 3. The van der Waals surface area contributed by atoms with E-state index in [-0.39, 0.29) is 4.90 Å². The van der Waals surface area contributed by atoms with Crippen LogP contribution in [-0.2, 0) is 9.84 Å². The van der Waals surface area contributed by atoms with Gasteiger partial charge in [-0.05, 0) is 35.9 Å². The van der Waals surface area contributed by atoms with Gasteiger partial charge in [-0.25, -0.2) is 12.8 Å². The first-order valence-corrected chi connectivity index (χ1v) is 8.48. The van der Waals surface area contributed by atoms with Gasteiger partial charge in [0, 0.05) is 16.3 Å². The Hall–Kier alpha value is -1.24. The highest BCUT2D eigenvalue weighted by Crippen LogP contribution is 2.26. The number of sulfone groups is 1. The van der Waals surface area contributed by atoms with Gasteiger partial charge in [0.25, 0.3) is 0 Å². The molecule has 0 saturated heterocycles. The molecule has 1 unspecified atom stereocenters. The van der Waals surface area contributed by atoms with E-state index in [1.54, 1.807) is 24.3 Å². The zero-order valence-electron chi connectivity index (χ0n) is 10.7. The highest BCUT2D eigenvalue weighted by molar-refractivity contribution is 9.10. The van der Waals surface area contributed by atoms with Crippen LogP contribution in [0, 0.1) is 5.82 Å². The number of hydrogen-bond donors (Lipinski definition) is 1. The third-order valence-electron chi connectivity index (χ3n) is 2.94. The Morgan fingerprint density at radius 1 is 1.20 bits per heavy atom. The smallest absolute Gasteiger partial charge is 0.175 e. The third kappa shape index (κ3) is 3.26. The van der Waals surface area contributed by atoms with E-state index < -0.39 is 21.7 Å². The van der Waals surface area contributed by atoms with Crippen molar-refractivity contribution in [3.05, 3.63) is 63.9 Å². The van der Waals surface area contributed by atoms with E-state index in [0.717, 1.165) is 6.26 Å². The summed E-state index contributed by atoms with van der Waals surface area (Å²) in [5.41, 5.74) is 6.90. The molecule has 0 radical (unpaired) electrons. The molecule has 0 bridgehead atoms. The predicted molar refractivity (Wildman–Crippen MR) is 79.7 cm³/mol. The van der Waals surface area contributed by atoms with Gasteiger partial charge in [-0.1, -0.05) is 28.1 Å². The predicted octanol–water partition coefficient (Wildman–Crippen LogP) is 3.04. The van der Waals surface area contributed by atoms with Crippen molar-refractivity contribution in [2.45, 2.75) is 10.9 Å². The fourth-order valence-electron chi connectivity index (χ4n) is 1.87. The van der Waals surface area contributed by atoms with E-state index in [1.165, 1.54) is 18.2 Å². The van der Waals surface area contributed by atoms with Crippen LogP contribution in [-0.4, -0.2) is 14.7 Å². The Balaban J connectivity index is 2.48. The average molecular weight is 358 g/mol. The molecule has 0 fully saturated rings. The summed E-state index contributed by atoms with van der Waals surface area (Å²) in [6.07, 6.45) is 1.12. The first-order valence-electron chi connectivity index (χ1n) is 5.79.